The number of hydrogen-bond donors (Lipinski definition) is 1. The average molecular weight is 480 g/mol. The van der Waals surface area contributed by atoms with E-state index in [9.17, 15) is 19.6 Å². The molecule has 34 heavy (non-hydrogen) atoms. The third-order valence-electron chi connectivity index (χ3n) is 5.99. The Bertz CT molecular complexity index is 1600. The van der Waals surface area contributed by atoms with Gasteiger partial charge in [-0.25, -0.2) is 4.79 Å². The van der Waals surface area contributed by atoms with Gasteiger partial charge in [0.15, 0.2) is 11.2 Å². The van der Waals surface area contributed by atoms with Crippen LogP contribution in [0.2, 0.25) is 5.28 Å². The number of anilines is 1. The SMILES string of the molecule is Cc1c(C#N)c(NC(=O)Cn2c(Cl)nc3c2c(=O)n(C)c(=O)n3C)n(Cc2ccccc2)c1C. The minimum absolute atomic E-state index is 0.0392. The maximum Gasteiger partial charge on any atom is 0.332 e. The summed E-state index contributed by atoms with van der Waals surface area (Å²) in [5.41, 5.74) is 1.96. The standard InChI is InChI=1S/C23H22ClN7O3/c1-13-14(2)30(11-15-8-6-5-7-9-15)19(16(13)10-25)26-17(32)12-31-18-20(27-22(31)24)28(3)23(34)29(4)21(18)33/h5-9H,11-12H2,1-4H3,(H,26,32). The molecule has 0 fully saturated rings. The Hall–Kier alpha value is -4.10. The predicted molar refractivity (Wildman–Crippen MR) is 128 cm³/mol. The number of aryl methyl sites for hydroxylation is 1. The number of nitriles is 1. The lowest BCUT2D eigenvalue weighted by atomic mass is 10.2. The number of rotatable bonds is 5. The van der Waals surface area contributed by atoms with Crippen LogP contribution in [0, 0.1) is 25.2 Å². The number of aromatic nitrogens is 5. The third-order valence-corrected chi connectivity index (χ3v) is 6.27. The zero-order valence-electron chi connectivity index (χ0n) is 19.1. The van der Waals surface area contributed by atoms with E-state index in [4.69, 9.17) is 11.6 Å². The van der Waals surface area contributed by atoms with Crippen LogP contribution in [0.15, 0.2) is 39.9 Å². The predicted octanol–water partition coefficient (Wildman–Crippen LogP) is 2.06. The summed E-state index contributed by atoms with van der Waals surface area (Å²) < 4.78 is 5.25. The maximum absolute atomic E-state index is 13.1. The van der Waals surface area contributed by atoms with E-state index in [2.05, 4.69) is 16.4 Å². The number of fused-ring (bicyclic) bond motifs is 1. The number of nitrogens with zero attached hydrogens (tertiary/aromatic N) is 6. The summed E-state index contributed by atoms with van der Waals surface area (Å²) in [6, 6.07) is 11.9. The fourth-order valence-corrected chi connectivity index (χ4v) is 4.20. The molecule has 4 aromatic rings. The summed E-state index contributed by atoms with van der Waals surface area (Å²) >= 11 is 6.24. The number of nitrogens with one attached hydrogen (secondary N) is 1. The molecule has 1 N–H and O–H groups in total. The molecule has 0 radical (unpaired) electrons. The number of imidazole rings is 1. The molecule has 11 heteroatoms. The average Bonchev–Trinajstić information content (AvgIpc) is 3.25. The van der Waals surface area contributed by atoms with Crippen LogP contribution in [-0.2, 0) is 32.0 Å². The first-order chi connectivity index (χ1) is 16.1. The van der Waals surface area contributed by atoms with E-state index in [-0.39, 0.29) is 23.0 Å². The number of amides is 1. The molecule has 0 atom stereocenters. The van der Waals surface area contributed by atoms with Crippen molar-refractivity contribution < 1.29 is 4.79 Å². The van der Waals surface area contributed by atoms with Crippen LogP contribution in [0.4, 0.5) is 5.82 Å². The first-order valence-electron chi connectivity index (χ1n) is 10.4. The monoisotopic (exact) mass is 479 g/mol. The van der Waals surface area contributed by atoms with E-state index >= 15 is 0 Å². The van der Waals surface area contributed by atoms with Gasteiger partial charge in [0.1, 0.15) is 18.4 Å². The second-order valence-corrected chi connectivity index (χ2v) is 8.35. The van der Waals surface area contributed by atoms with Crippen LogP contribution in [-0.4, -0.2) is 29.2 Å². The summed E-state index contributed by atoms with van der Waals surface area (Å²) in [5, 5.41) is 12.5. The fourth-order valence-electron chi connectivity index (χ4n) is 3.97. The fraction of sp³-hybridized carbons (Fsp3) is 0.261. The van der Waals surface area contributed by atoms with E-state index in [0.717, 1.165) is 21.4 Å². The van der Waals surface area contributed by atoms with Crippen molar-refractivity contribution in [3.05, 3.63) is 78.8 Å². The zero-order chi connectivity index (χ0) is 24.7. The highest BCUT2D eigenvalue weighted by Crippen LogP contribution is 2.27. The van der Waals surface area contributed by atoms with Gasteiger partial charge in [0.2, 0.25) is 11.2 Å². The molecular weight excluding hydrogens is 458 g/mol. The summed E-state index contributed by atoms with van der Waals surface area (Å²) in [7, 11) is 2.82. The van der Waals surface area contributed by atoms with E-state index in [1.165, 1.54) is 23.2 Å². The summed E-state index contributed by atoms with van der Waals surface area (Å²) in [4.78, 5) is 42.1. The normalized spacial score (nSPS) is 11.1. The molecule has 0 saturated carbocycles. The Morgan fingerprint density at radius 1 is 1.12 bits per heavy atom. The summed E-state index contributed by atoms with van der Waals surface area (Å²) in [6.07, 6.45) is 0. The Morgan fingerprint density at radius 3 is 2.44 bits per heavy atom. The van der Waals surface area contributed by atoms with E-state index in [1.54, 1.807) is 0 Å². The van der Waals surface area contributed by atoms with E-state index in [1.807, 2.05) is 48.7 Å². The van der Waals surface area contributed by atoms with Gasteiger partial charge in [-0.05, 0) is 36.6 Å². The summed E-state index contributed by atoms with van der Waals surface area (Å²) in [5.74, 6) is -0.132. The van der Waals surface area contributed by atoms with Crippen LogP contribution in [0.1, 0.15) is 22.4 Å². The van der Waals surface area contributed by atoms with Gasteiger partial charge >= 0.3 is 5.69 Å². The quantitative estimate of drug-likeness (QED) is 0.439. The molecule has 10 nitrogen and oxygen atoms in total. The first kappa shape index (κ1) is 23.1. The number of hydrogen-bond acceptors (Lipinski definition) is 5. The van der Waals surface area contributed by atoms with Gasteiger partial charge in [-0.3, -0.25) is 23.3 Å². The van der Waals surface area contributed by atoms with Gasteiger partial charge in [0.25, 0.3) is 5.56 Å². The van der Waals surface area contributed by atoms with Crippen molar-refractivity contribution in [3.8, 4) is 6.07 Å². The van der Waals surface area contributed by atoms with Gasteiger partial charge in [0.05, 0.1) is 5.56 Å². The molecule has 3 heterocycles. The molecule has 0 aliphatic heterocycles. The van der Waals surface area contributed by atoms with Crippen molar-refractivity contribution in [1.29, 1.82) is 5.26 Å². The molecule has 1 aromatic carbocycles. The van der Waals surface area contributed by atoms with Crippen LogP contribution >= 0.6 is 11.6 Å². The van der Waals surface area contributed by atoms with E-state index in [0.29, 0.717) is 17.9 Å². The molecular formula is C23H22ClN7O3. The lowest BCUT2D eigenvalue weighted by molar-refractivity contribution is -0.116. The number of carbonyl (C=O) groups excluding carboxylic acids is 1. The highest BCUT2D eigenvalue weighted by molar-refractivity contribution is 6.29. The van der Waals surface area contributed by atoms with Gasteiger partial charge in [-0.2, -0.15) is 10.2 Å². The number of halogens is 1. The van der Waals surface area contributed by atoms with Crippen LogP contribution in [0.5, 0.6) is 0 Å². The van der Waals surface area contributed by atoms with Crippen molar-refractivity contribution in [2.75, 3.05) is 5.32 Å². The molecule has 0 saturated heterocycles. The topological polar surface area (TPSA) is 120 Å². The van der Waals surface area contributed by atoms with Crippen LogP contribution in [0.25, 0.3) is 11.2 Å². The second kappa shape index (κ2) is 8.68. The summed E-state index contributed by atoms with van der Waals surface area (Å²) in [6.45, 7) is 3.85. The zero-order valence-corrected chi connectivity index (χ0v) is 19.8. The van der Waals surface area contributed by atoms with Crippen LogP contribution in [0.3, 0.4) is 0 Å². The molecule has 4 rings (SSSR count). The number of carbonyl (C=O) groups is 1. The molecule has 0 unspecified atom stereocenters. The number of benzene rings is 1. The lowest BCUT2D eigenvalue weighted by Crippen LogP contribution is -2.38. The van der Waals surface area contributed by atoms with Gasteiger partial charge in [0, 0.05) is 26.3 Å². The second-order valence-electron chi connectivity index (χ2n) is 8.01. The van der Waals surface area contributed by atoms with Gasteiger partial charge in [-0.1, -0.05) is 30.3 Å². The minimum atomic E-state index is -0.609. The molecule has 0 spiro atoms. The van der Waals surface area contributed by atoms with Crippen molar-refractivity contribution in [3.63, 3.8) is 0 Å². The third kappa shape index (κ3) is 3.70. The minimum Gasteiger partial charge on any atom is -0.326 e. The smallest absolute Gasteiger partial charge is 0.326 e. The van der Waals surface area contributed by atoms with Crippen LogP contribution < -0.4 is 16.6 Å². The largest absolute Gasteiger partial charge is 0.332 e. The first-order valence-corrected chi connectivity index (χ1v) is 10.8. The van der Waals surface area contributed by atoms with Crippen molar-refractivity contribution >= 4 is 34.5 Å². The Balaban J connectivity index is 1.74. The Morgan fingerprint density at radius 2 is 1.79 bits per heavy atom. The van der Waals surface area contributed by atoms with Crippen molar-refractivity contribution in [2.24, 2.45) is 14.1 Å². The molecule has 0 aliphatic rings. The Labute approximate surface area is 199 Å². The lowest BCUT2D eigenvalue weighted by Gasteiger charge is -2.14. The highest BCUT2D eigenvalue weighted by Gasteiger charge is 2.23. The van der Waals surface area contributed by atoms with Gasteiger partial charge in [-0.15, -0.1) is 0 Å². The molecule has 0 bridgehead atoms. The van der Waals surface area contributed by atoms with Crippen molar-refractivity contribution in [1.82, 2.24) is 23.3 Å². The Kier molecular flexibility index (Phi) is 5.89. The molecule has 0 aliphatic carbocycles. The van der Waals surface area contributed by atoms with Gasteiger partial charge < -0.3 is 9.88 Å². The molecule has 174 valence electrons. The highest BCUT2D eigenvalue weighted by atomic mass is 35.5. The molecule has 3 aromatic heterocycles. The van der Waals surface area contributed by atoms with Crippen molar-refractivity contribution in [2.45, 2.75) is 26.9 Å². The maximum atomic E-state index is 13.1. The van der Waals surface area contributed by atoms with E-state index < -0.39 is 17.2 Å². The molecule has 1 amide bonds.